The van der Waals surface area contributed by atoms with Crippen LogP contribution in [0.15, 0.2) is 24.4 Å². The highest BCUT2D eigenvalue weighted by Gasteiger charge is 2.11. The maximum absolute atomic E-state index is 13.8. The van der Waals surface area contributed by atoms with E-state index in [1.165, 1.54) is 10.9 Å². The second-order valence-electron chi connectivity index (χ2n) is 4.98. The van der Waals surface area contributed by atoms with Gasteiger partial charge in [-0.25, -0.2) is 9.37 Å². The van der Waals surface area contributed by atoms with Gasteiger partial charge in [0.05, 0.1) is 23.6 Å². The molecular weight excluding hydrogens is 273 g/mol. The summed E-state index contributed by atoms with van der Waals surface area (Å²) < 4.78 is 15.9. The van der Waals surface area contributed by atoms with E-state index in [0.29, 0.717) is 12.2 Å². The molecule has 0 unspecified atom stereocenters. The Morgan fingerprint density at radius 2 is 2.10 bits per heavy atom. The van der Waals surface area contributed by atoms with E-state index in [0.717, 1.165) is 21.9 Å². The highest BCUT2D eigenvalue weighted by molar-refractivity contribution is 7.17. The van der Waals surface area contributed by atoms with Crippen LogP contribution in [-0.4, -0.2) is 9.38 Å². The normalized spacial score (nSPS) is 11.2. The molecule has 5 heteroatoms. The molecule has 3 aromatic rings. The average molecular weight is 289 g/mol. The van der Waals surface area contributed by atoms with Crippen LogP contribution >= 0.6 is 11.3 Å². The number of fused-ring (bicyclic) bond motifs is 1. The highest BCUT2D eigenvalue weighted by atomic mass is 32.1. The first-order chi connectivity index (χ1) is 9.54. The third kappa shape index (κ3) is 2.29. The van der Waals surface area contributed by atoms with Gasteiger partial charge in [-0.2, -0.15) is 0 Å². The fraction of sp³-hybridized carbons (Fsp3) is 0.267. The summed E-state index contributed by atoms with van der Waals surface area (Å²) in [5, 5.41) is 3.15. The Hall–Kier alpha value is -1.88. The van der Waals surface area contributed by atoms with Crippen molar-refractivity contribution in [1.29, 1.82) is 0 Å². The van der Waals surface area contributed by atoms with Crippen molar-refractivity contribution in [2.75, 3.05) is 5.32 Å². The fourth-order valence-electron chi connectivity index (χ4n) is 2.26. The number of benzene rings is 1. The molecule has 0 aliphatic heterocycles. The molecule has 0 aliphatic carbocycles. The van der Waals surface area contributed by atoms with Crippen molar-refractivity contribution in [3.05, 3.63) is 52.0 Å². The minimum atomic E-state index is -0.218. The summed E-state index contributed by atoms with van der Waals surface area (Å²) in [5.74, 6) is -0.218. The van der Waals surface area contributed by atoms with E-state index in [2.05, 4.69) is 27.8 Å². The lowest BCUT2D eigenvalue weighted by Gasteiger charge is -2.08. The van der Waals surface area contributed by atoms with Crippen LogP contribution < -0.4 is 5.32 Å². The van der Waals surface area contributed by atoms with E-state index in [-0.39, 0.29) is 5.82 Å². The molecular formula is C15H16FN3S. The quantitative estimate of drug-likeness (QED) is 0.787. The van der Waals surface area contributed by atoms with Crippen LogP contribution in [0.4, 0.5) is 10.1 Å². The molecule has 0 fully saturated rings. The first kappa shape index (κ1) is 13.1. The third-order valence-corrected chi connectivity index (χ3v) is 4.21. The Kier molecular flexibility index (Phi) is 3.22. The van der Waals surface area contributed by atoms with Crippen molar-refractivity contribution in [1.82, 2.24) is 9.38 Å². The molecule has 1 N–H and O–H groups in total. The molecule has 20 heavy (non-hydrogen) atoms. The zero-order chi connectivity index (χ0) is 14.3. The lowest BCUT2D eigenvalue weighted by atomic mass is 10.2. The second-order valence-corrected chi connectivity index (χ2v) is 6.19. The number of hydrogen-bond donors (Lipinski definition) is 1. The Morgan fingerprint density at radius 1 is 1.30 bits per heavy atom. The van der Waals surface area contributed by atoms with Crippen molar-refractivity contribution < 1.29 is 4.39 Å². The van der Waals surface area contributed by atoms with Crippen molar-refractivity contribution >= 4 is 22.0 Å². The second kappa shape index (κ2) is 4.90. The van der Waals surface area contributed by atoms with Gasteiger partial charge in [0.2, 0.25) is 0 Å². The first-order valence-electron chi connectivity index (χ1n) is 6.48. The number of anilines is 1. The number of imidazole rings is 1. The maximum atomic E-state index is 13.8. The van der Waals surface area contributed by atoms with E-state index in [1.54, 1.807) is 17.4 Å². The third-order valence-electron chi connectivity index (χ3n) is 3.31. The van der Waals surface area contributed by atoms with Crippen LogP contribution in [0, 0.1) is 26.6 Å². The van der Waals surface area contributed by atoms with Gasteiger partial charge in [-0.15, -0.1) is 11.3 Å². The van der Waals surface area contributed by atoms with Gasteiger partial charge in [-0.1, -0.05) is 6.07 Å². The lowest BCUT2D eigenvalue weighted by molar-refractivity contribution is 0.628. The minimum absolute atomic E-state index is 0.218. The molecule has 3 rings (SSSR count). The van der Waals surface area contributed by atoms with Gasteiger partial charge in [0.1, 0.15) is 5.82 Å². The van der Waals surface area contributed by atoms with Crippen LogP contribution in [0.3, 0.4) is 0 Å². The van der Waals surface area contributed by atoms with Gasteiger partial charge in [0, 0.05) is 11.1 Å². The first-order valence-corrected chi connectivity index (χ1v) is 7.30. The molecule has 0 radical (unpaired) electrons. The molecule has 1 aromatic carbocycles. The Labute approximate surface area is 121 Å². The van der Waals surface area contributed by atoms with Crippen molar-refractivity contribution in [3.63, 3.8) is 0 Å². The van der Waals surface area contributed by atoms with Crippen LogP contribution in [0.1, 0.15) is 21.8 Å². The number of thiazole rings is 1. The summed E-state index contributed by atoms with van der Waals surface area (Å²) >= 11 is 1.66. The van der Waals surface area contributed by atoms with E-state index >= 15 is 0 Å². The van der Waals surface area contributed by atoms with Crippen LogP contribution in [0.5, 0.6) is 0 Å². The minimum Gasteiger partial charge on any atom is -0.377 e. The van der Waals surface area contributed by atoms with E-state index in [1.807, 2.05) is 19.9 Å². The molecule has 0 amide bonds. The number of aromatic nitrogens is 2. The Bertz CT molecular complexity index is 773. The van der Waals surface area contributed by atoms with Gasteiger partial charge in [-0.05, 0) is 38.5 Å². The number of nitrogens with one attached hydrogen (secondary N) is 1. The predicted molar refractivity (Wildman–Crippen MR) is 81.0 cm³/mol. The van der Waals surface area contributed by atoms with Gasteiger partial charge in [-0.3, -0.25) is 4.40 Å². The molecule has 0 saturated carbocycles. The SMILES string of the molecule is Cc1ccc(NCc2c(C)nc3sc(C)cn23)c(F)c1. The molecule has 0 saturated heterocycles. The van der Waals surface area contributed by atoms with Crippen LogP contribution in [0.25, 0.3) is 4.96 Å². The summed E-state index contributed by atoms with van der Waals surface area (Å²) in [5.41, 5.74) is 3.50. The molecule has 0 aliphatic rings. The van der Waals surface area contributed by atoms with Crippen LogP contribution in [0.2, 0.25) is 0 Å². The van der Waals surface area contributed by atoms with Crippen molar-refractivity contribution in [3.8, 4) is 0 Å². The van der Waals surface area contributed by atoms with Gasteiger partial charge < -0.3 is 5.32 Å². The maximum Gasteiger partial charge on any atom is 0.194 e. The van der Waals surface area contributed by atoms with E-state index < -0.39 is 0 Å². The molecule has 0 spiro atoms. The molecule has 0 bridgehead atoms. The average Bonchev–Trinajstić information content (AvgIpc) is 2.84. The molecule has 104 valence electrons. The summed E-state index contributed by atoms with van der Waals surface area (Å²) in [4.78, 5) is 6.74. The van der Waals surface area contributed by atoms with E-state index in [9.17, 15) is 4.39 Å². The summed E-state index contributed by atoms with van der Waals surface area (Å²) in [6.45, 7) is 6.48. The van der Waals surface area contributed by atoms with Crippen LogP contribution in [-0.2, 0) is 6.54 Å². The van der Waals surface area contributed by atoms with Crippen molar-refractivity contribution in [2.24, 2.45) is 0 Å². The number of rotatable bonds is 3. The van der Waals surface area contributed by atoms with E-state index in [4.69, 9.17) is 0 Å². The number of halogens is 1. The highest BCUT2D eigenvalue weighted by Crippen LogP contribution is 2.22. The largest absolute Gasteiger partial charge is 0.377 e. The topological polar surface area (TPSA) is 29.3 Å². The standard InChI is InChI=1S/C15H16FN3S/c1-9-4-5-13(12(16)6-9)17-7-14-11(3)18-15-19(14)8-10(2)20-15/h4-6,8,17H,7H2,1-3H3. The van der Waals surface area contributed by atoms with Crippen molar-refractivity contribution in [2.45, 2.75) is 27.3 Å². The lowest BCUT2D eigenvalue weighted by Crippen LogP contribution is -2.05. The van der Waals surface area contributed by atoms with Gasteiger partial charge >= 0.3 is 0 Å². The zero-order valence-electron chi connectivity index (χ0n) is 11.7. The predicted octanol–water partition coefficient (Wildman–Crippen LogP) is 4.07. The molecule has 0 atom stereocenters. The molecule has 2 aromatic heterocycles. The number of hydrogen-bond acceptors (Lipinski definition) is 3. The summed E-state index contributed by atoms with van der Waals surface area (Å²) in [6.07, 6.45) is 2.07. The van der Waals surface area contributed by atoms with Gasteiger partial charge in [0.25, 0.3) is 0 Å². The zero-order valence-corrected chi connectivity index (χ0v) is 12.5. The van der Waals surface area contributed by atoms with Gasteiger partial charge in [0.15, 0.2) is 4.96 Å². The number of aryl methyl sites for hydroxylation is 3. The smallest absolute Gasteiger partial charge is 0.194 e. The molecule has 3 nitrogen and oxygen atoms in total. The Morgan fingerprint density at radius 3 is 2.85 bits per heavy atom. The summed E-state index contributed by atoms with van der Waals surface area (Å²) in [6, 6.07) is 5.21. The molecule has 2 heterocycles. The Balaban J connectivity index is 1.87. The summed E-state index contributed by atoms with van der Waals surface area (Å²) in [7, 11) is 0. The number of nitrogens with zero attached hydrogens (tertiary/aromatic N) is 2. The fourth-order valence-corrected chi connectivity index (χ4v) is 3.15. The monoisotopic (exact) mass is 289 g/mol.